The molecule has 0 aliphatic rings. The summed E-state index contributed by atoms with van der Waals surface area (Å²) in [6.07, 6.45) is 5.17. The van der Waals surface area contributed by atoms with Crippen molar-refractivity contribution in [1.82, 2.24) is 5.32 Å². The number of para-hydroxylation sites is 1. The molecule has 0 amide bonds. The maximum atomic E-state index is 5.70. The SMILES string of the molecule is CCCNCCc1coc2c(CC)cccc12. The van der Waals surface area contributed by atoms with Crippen LogP contribution in [-0.2, 0) is 12.8 Å². The second-order valence-corrected chi connectivity index (χ2v) is 4.41. The summed E-state index contributed by atoms with van der Waals surface area (Å²) in [4.78, 5) is 0. The van der Waals surface area contributed by atoms with Gasteiger partial charge in [-0.15, -0.1) is 0 Å². The van der Waals surface area contributed by atoms with Crippen LogP contribution in [0.1, 0.15) is 31.4 Å². The molecule has 0 saturated heterocycles. The summed E-state index contributed by atoms with van der Waals surface area (Å²) in [5.41, 5.74) is 3.69. The van der Waals surface area contributed by atoms with Gasteiger partial charge in [0.15, 0.2) is 0 Å². The highest BCUT2D eigenvalue weighted by Gasteiger charge is 2.07. The Bertz CT molecular complexity index is 473. The largest absolute Gasteiger partial charge is 0.464 e. The highest BCUT2D eigenvalue weighted by Crippen LogP contribution is 2.25. The van der Waals surface area contributed by atoms with Gasteiger partial charge in [0.25, 0.3) is 0 Å². The summed E-state index contributed by atoms with van der Waals surface area (Å²) >= 11 is 0. The Morgan fingerprint density at radius 3 is 2.76 bits per heavy atom. The minimum atomic E-state index is 1.03. The molecule has 0 bridgehead atoms. The molecule has 2 aromatic rings. The van der Waals surface area contributed by atoms with Crippen molar-refractivity contribution in [2.45, 2.75) is 33.1 Å². The minimum Gasteiger partial charge on any atom is -0.464 e. The highest BCUT2D eigenvalue weighted by atomic mass is 16.3. The molecule has 0 aliphatic heterocycles. The molecule has 0 radical (unpaired) electrons. The standard InChI is InChI=1S/C15H21NO/c1-3-9-16-10-8-13-11-17-15-12(4-2)6-5-7-14(13)15/h5-7,11,16H,3-4,8-10H2,1-2H3. The van der Waals surface area contributed by atoms with Crippen molar-refractivity contribution >= 4 is 11.0 Å². The molecule has 1 N–H and O–H groups in total. The lowest BCUT2D eigenvalue weighted by atomic mass is 10.1. The maximum Gasteiger partial charge on any atom is 0.137 e. The lowest BCUT2D eigenvalue weighted by Gasteiger charge is -2.02. The molecule has 0 saturated carbocycles. The number of hydrogen-bond acceptors (Lipinski definition) is 2. The molecule has 1 heterocycles. The molecule has 2 heteroatoms. The van der Waals surface area contributed by atoms with Gasteiger partial charge in [-0.2, -0.15) is 0 Å². The Morgan fingerprint density at radius 1 is 1.12 bits per heavy atom. The van der Waals surface area contributed by atoms with Gasteiger partial charge in [0.1, 0.15) is 5.58 Å². The van der Waals surface area contributed by atoms with Gasteiger partial charge in [0.2, 0.25) is 0 Å². The zero-order valence-electron chi connectivity index (χ0n) is 10.8. The van der Waals surface area contributed by atoms with Crippen LogP contribution in [0.5, 0.6) is 0 Å². The summed E-state index contributed by atoms with van der Waals surface area (Å²) < 4.78 is 5.70. The van der Waals surface area contributed by atoms with E-state index in [2.05, 4.69) is 37.4 Å². The molecule has 17 heavy (non-hydrogen) atoms. The zero-order valence-corrected chi connectivity index (χ0v) is 10.8. The molecule has 1 aromatic carbocycles. The Labute approximate surface area is 103 Å². The number of aryl methyl sites for hydroxylation is 1. The van der Waals surface area contributed by atoms with Crippen LogP contribution in [0.15, 0.2) is 28.9 Å². The molecule has 2 nitrogen and oxygen atoms in total. The van der Waals surface area contributed by atoms with Crippen LogP contribution in [0.2, 0.25) is 0 Å². The summed E-state index contributed by atoms with van der Waals surface area (Å²) in [6.45, 7) is 6.47. The van der Waals surface area contributed by atoms with E-state index in [1.54, 1.807) is 0 Å². The fourth-order valence-electron chi connectivity index (χ4n) is 2.17. The highest BCUT2D eigenvalue weighted by molar-refractivity contribution is 5.83. The van der Waals surface area contributed by atoms with Gasteiger partial charge >= 0.3 is 0 Å². The second-order valence-electron chi connectivity index (χ2n) is 4.41. The summed E-state index contributed by atoms with van der Waals surface area (Å²) in [6, 6.07) is 6.43. The first kappa shape index (κ1) is 12.2. The Balaban J connectivity index is 2.13. The van der Waals surface area contributed by atoms with E-state index in [0.717, 1.165) is 31.5 Å². The summed E-state index contributed by atoms with van der Waals surface area (Å²) in [5, 5.41) is 4.71. The van der Waals surface area contributed by atoms with Crippen LogP contribution in [0.3, 0.4) is 0 Å². The van der Waals surface area contributed by atoms with Gasteiger partial charge in [-0.05, 0) is 43.5 Å². The van der Waals surface area contributed by atoms with Gasteiger partial charge in [-0.1, -0.05) is 32.0 Å². The molecule has 0 atom stereocenters. The van der Waals surface area contributed by atoms with Gasteiger partial charge < -0.3 is 9.73 Å². The second kappa shape index (κ2) is 5.87. The van der Waals surface area contributed by atoms with Crippen molar-refractivity contribution in [1.29, 1.82) is 0 Å². The first-order valence-electron chi connectivity index (χ1n) is 6.55. The lowest BCUT2D eigenvalue weighted by molar-refractivity contribution is 0.602. The molecule has 0 unspecified atom stereocenters. The van der Waals surface area contributed by atoms with Crippen LogP contribution in [-0.4, -0.2) is 13.1 Å². The summed E-state index contributed by atoms with van der Waals surface area (Å²) in [5.74, 6) is 0. The lowest BCUT2D eigenvalue weighted by Crippen LogP contribution is -2.17. The topological polar surface area (TPSA) is 25.2 Å². The van der Waals surface area contributed by atoms with E-state index < -0.39 is 0 Å². The van der Waals surface area contributed by atoms with E-state index in [4.69, 9.17) is 4.42 Å². The molecular weight excluding hydrogens is 210 g/mol. The predicted octanol–water partition coefficient (Wildman–Crippen LogP) is 3.54. The number of hydrogen-bond donors (Lipinski definition) is 1. The first-order valence-corrected chi connectivity index (χ1v) is 6.55. The van der Waals surface area contributed by atoms with Crippen molar-refractivity contribution in [3.05, 3.63) is 35.6 Å². The number of fused-ring (bicyclic) bond motifs is 1. The smallest absolute Gasteiger partial charge is 0.137 e. The third-order valence-electron chi connectivity index (χ3n) is 3.14. The fraction of sp³-hybridized carbons (Fsp3) is 0.467. The molecule has 0 fully saturated rings. The van der Waals surface area contributed by atoms with E-state index >= 15 is 0 Å². The third kappa shape index (κ3) is 2.70. The van der Waals surface area contributed by atoms with E-state index in [0.29, 0.717) is 0 Å². The number of furan rings is 1. The number of rotatable bonds is 6. The van der Waals surface area contributed by atoms with Crippen molar-refractivity contribution in [2.75, 3.05) is 13.1 Å². The van der Waals surface area contributed by atoms with Gasteiger partial charge in [0.05, 0.1) is 6.26 Å². The normalized spacial score (nSPS) is 11.2. The molecule has 92 valence electrons. The van der Waals surface area contributed by atoms with Crippen LogP contribution < -0.4 is 5.32 Å². The van der Waals surface area contributed by atoms with Gasteiger partial charge in [-0.3, -0.25) is 0 Å². The van der Waals surface area contributed by atoms with Crippen LogP contribution in [0, 0.1) is 0 Å². The van der Waals surface area contributed by atoms with Crippen molar-refractivity contribution in [3.63, 3.8) is 0 Å². The molecule has 2 rings (SSSR count). The Hall–Kier alpha value is -1.28. The molecule has 0 spiro atoms. The molecule has 0 aliphatic carbocycles. The van der Waals surface area contributed by atoms with E-state index in [1.165, 1.54) is 22.9 Å². The molecule has 1 aromatic heterocycles. The van der Waals surface area contributed by atoms with Crippen LogP contribution >= 0.6 is 0 Å². The van der Waals surface area contributed by atoms with Crippen LogP contribution in [0.4, 0.5) is 0 Å². The number of nitrogens with one attached hydrogen (secondary N) is 1. The average molecular weight is 231 g/mol. The zero-order chi connectivity index (χ0) is 12.1. The Morgan fingerprint density at radius 2 is 2.00 bits per heavy atom. The van der Waals surface area contributed by atoms with Crippen LogP contribution in [0.25, 0.3) is 11.0 Å². The minimum absolute atomic E-state index is 1.03. The number of benzene rings is 1. The van der Waals surface area contributed by atoms with Gasteiger partial charge in [0, 0.05) is 5.39 Å². The summed E-state index contributed by atoms with van der Waals surface area (Å²) in [7, 11) is 0. The average Bonchev–Trinajstić information content (AvgIpc) is 2.78. The quantitative estimate of drug-likeness (QED) is 0.769. The van der Waals surface area contributed by atoms with Crippen molar-refractivity contribution < 1.29 is 4.42 Å². The van der Waals surface area contributed by atoms with E-state index in [-0.39, 0.29) is 0 Å². The first-order chi connectivity index (χ1) is 8.36. The monoisotopic (exact) mass is 231 g/mol. The van der Waals surface area contributed by atoms with Crippen molar-refractivity contribution in [3.8, 4) is 0 Å². The third-order valence-corrected chi connectivity index (χ3v) is 3.14. The Kier molecular flexibility index (Phi) is 4.21. The van der Waals surface area contributed by atoms with E-state index in [9.17, 15) is 0 Å². The molecular formula is C15H21NO. The predicted molar refractivity (Wildman–Crippen MR) is 72.5 cm³/mol. The van der Waals surface area contributed by atoms with Crippen molar-refractivity contribution in [2.24, 2.45) is 0 Å². The van der Waals surface area contributed by atoms with Gasteiger partial charge in [-0.25, -0.2) is 0 Å². The maximum absolute atomic E-state index is 5.70. The fourth-order valence-corrected chi connectivity index (χ4v) is 2.17. The van der Waals surface area contributed by atoms with E-state index in [1.807, 2.05) is 6.26 Å².